The molecule has 0 aliphatic heterocycles. The number of hydrogen-bond acceptors (Lipinski definition) is 6. The zero-order chi connectivity index (χ0) is 21.6. The normalized spacial score (nSPS) is 10.9. The van der Waals surface area contributed by atoms with Gasteiger partial charge >= 0.3 is 0 Å². The molecule has 0 fully saturated rings. The number of hydrogen-bond donors (Lipinski definition) is 2. The summed E-state index contributed by atoms with van der Waals surface area (Å²) in [5.41, 5.74) is 8.67. The van der Waals surface area contributed by atoms with E-state index >= 15 is 0 Å². The average Bonchev–Trinajstić information content (AvgIpc) is 3.19. The van der Waals surface area contributed by atoms with Crippen molar-refractivity contribution >= 4 is 22.7 Å². The van der Waals surface area contributed by atoms with Gasteiger partial charge in [0.2, 0.25) is 0 Å². The molecule has 4 aromatic rings. The largest absolute Gasteiger partial charge is 0.489 e. The predicted molar refractivity (Wildman–Crippen MR) is 118 cm³/mol. The van der Waals surface area contributed by atoms with Gasteiger partial charge in [-0.05, 0) is 35.9 Å². The van der Waals surface area contributed by atoms with Crippen molar-refractivity contribution < 1.29 is 18.7 Å². The van der Waals surface area contributed by atoms with Crippen molar-refractivity contribution in [2.45, 2.75) is 19.8 Å². The maximum Gasteiger partial charge on any atom is 0.255 e. The topological polar surface area (TPSA) is 99.6 Å². The summed E-state index contributed by atoms with van der Waals surface area (Å²) < 4.78 is 16.7. The molecule has 0 bridgehead atoms. The highest BCUT2D eigenvalue weighted by atomic mass is 16.5. The molecule has 31 heavy (non-hydrogen) atoms. The van der Waals surface area contributed by atoms with Crippen LogP contribution >= 0.6 is 0 Å². The first kappa shape index (κ1) is 20.4. The Balaban J connectivity index is 1.39. The molecule has 3 N–H and O–H groups in total. The lowest BCUT2D eigenvalue weighted by molar-refractivity contribution is 0.0948. The van der Waals surface area contributed by atoms with Crippen molar-refractivity contribution in [2.24, 2.45) is 0 Å². The first-order valence-electron chi connectivity index (χ1n) is 9.84. The quantitative estimate of drug-likeness (QED) is 0.448. The Bertz CT molecular complexity index is 1190. The molecule has 2 aromatic heterocycles. The molecule has 0 aliphatic carbocycles. The SMILES string of the molecule is COCc1ccc(C(=O)NCc2cc3ccc(OCc4ccccc4)cc3o2)c(N)n1. The van der Waals surface area contributed by atoms with Gasteiger partial charge in [0, 0.05) is 18.6 Å². The van der Waals surface area contributed by atoms with Crippen molar-refractivity contribution in [3.63, 3.8) is 0 Å². The van der Waals surface area contributed by atoms with Gasteiger partial charge in [-0.3, -0.25) is 4.79 Å². The number of nitrogens with two attached hydrogens (primary N) is 1. The van der Waals surface area contributed by atoms with E-state index in [0.29, 0.717) is 35.8 Å². The fraction of sp³-hybridized carbons (Fsp3) is 0.167. The third-order valence-corrected chi connectivity index (χ3v) is 4.73. The molecule has 2 aromatic carbocycles. The van der Waals surface area contributed by atoms with Crippen LogP contribution in [0.15, 0.2) is 71.1 Å². The second-order valence-electron chi connectivity index (χ2n) is 7.04. The zero-order valence-corrected chi connectivity index (χ0v) is 17.1. The molecule has 4 rings (SSSR count). The number of aromatic nitrogens is 1. The number of methoxy groups -OCH3 is 1. The van der Waals surface area contributed by atoms with Crippen LogP contribution in [0.2, 0.25) is 0 Å². The molecule has 0 radical (unpaired) electrons. The van der Waals surface area contributed by atoms with Gasteiger partial charge in [0.15, 0.2) is 0 Å². The third kappa shape index (κ3) is 5.02. The summed E-state index contributed by atoms with van der Waals surface area (Å²) in [5.74, 6) is 1.19. The maximum atomic E-state index is 12.5. The third-order valence-electron chi connectivity index (χ3n) is 4.73. The summed E-state index contributed by atoms with van der Waals surface area (Å²) in [4.78, 5) is 16.7. The van der Waals surface area contributed by atoms with E-state index in [4.69, 9.17) is 19.6 Å². The van der Waals surface area contributed by atoms with Gasteiger partial charge in [-0.1, -0.05) is 30.3 Å². The highest BCUT2D eigenvalue weighted by Gasteiger charge is 2.13. The lowest BCUT2D eigenvalue weighted by atomic mass is 10.2. The fourth-order valence-electron chi connectivity index (χ4n) is 3.18. The highest BCUT2D eigenvalue weighted by Crippen LogP contribution is 2.25. The number of rotatable bonds is 8. The van der Waals surface area contributed by atoms with E-state index in [1.807, 2.05) is 54.6 Å². The molecular formula is C24H23N3O4. The van der Waals surface area contributed by atoms with E-state index in [1.54, 1.807) is 19.2 Å². The summed E-state index contributed by atoms with van der Waals surface area (Å²) in [6.45, 7) is 1.05. The van der Waals surface area contributed by atoms with Crippen LogP contribution in [0.4, 0.5) is 5.82 Å². The molecule has 0 aliphatic rings. The molecule has 0 spiro atoms. The van der Waals surface area contributed by atoms with Crippen LogP contribution in [0.25, 0.3) is 11.0 Å². The number of furan rings is 1. The average molecular weight is 417 g/mol. The highest BCUT2D eigenvalue weighted by molar-refractivity contribution is 5.98. The number of nitrogen functional groups attached to an aromatic ring is 1. The molecule has 0 unspecified atom stereocenters. The van der Waals surface area contributed by atoms with Crippen LogP contribution in [0.1, 0.15) is 27.4 Å². The number of benzene rings is 2. The number of amides is 1. The van der Waals surface area contributed by atoms with Crippen LogP contribution in [0.5, 0.6) is 5.75 Å². The van der Waals surface area contributed by atoms with Gasteiger partial charge < -0.3 is 24.9 Å². The maximum absolute atomic E-state index is 12.5. The summed E-state index contributed by atoms with van der Waals surface area (Å²) in [6.07, 6.45) is 0. The Hall–Kier alpha value is -3.84. The molecule has 2 heterocycles. The van der Waals surface area contributed by atoms with E-state index in [0.717, 1.165) is 16.7 Å². The van der Waals surface area contributed by atoms with E-state index < -0.39 is 0 Å². The molecule has 7 nitrogen and oxygen atoms in total. The van der Waals surface area contributed by atoms with Crippen molar-refractivity contribution in [3.05, 3.63) is 89.3 Å². The van der Waals surface area contributed by atoms with Gasteiger partial charge in [-0.2, -0.15) is 0 Å². The number of carbonyl (C=O) groups is 1. The van der Waals surface area contributed by atoms with Crippen molar-refractivity contribution in [1.82, 2.24) is 10.3 Å². The van der Waals surface area contributed by atoms with E-state index in [-0.39, 0.29) is 18.3 Å². The molecule has 1 amide bonds. The van der Waals surface area contributed by atoms with Crippen LogP contribution in [0, 0.1) is 0 Å². The first-order chi connectivity index (χ1) is 15.1. The minimum Gasteiger partial charge on any atom is -0.489 e. The Morgan fingerprint density at radius 3 is 2.68 bits per heavy atom. The molecule has 0 saturated heterocycles. The number of ether oxygens (including phenoxy) is 2. The van der Waals surface area contributed by atoms with E-state index in [2.05, 4.69) is 10.3 Å². The van der Waals surface area contributed by atoms with E-state index in [9.17, 15) is 4.79 Å². The Kier molecular flexibility index (Phi) is 6.14. The number of pyridine rings is 1. The Labute approximate surface area is 179 Å². The minimum atomic E-state index is -0.318. The second kappa shape index (κ2) is 9.32. The second-order valence-corrected chi connectivity index (χ2v) is 7.04. The molecular weight excluding hydrogens is 394 g/mol. The summed E-state index contributed by atoms with van der Waals surface area (Å²) in [6, 6.07) is 20.9. The lowest BCUT2D eigenvalue weighted by Crippen LogP contribution is -2.24. The van der Waals surface area contributed by atoms with Crippen LogP contribution in [-0.4, -0.2) is 18.0 Å². The predicted octanol–water partition coefficient (Wildman–Crippen LogP) is 4.07. The van der Waals surface area contributed by atoms with Crippen LogP contribution in [-0.2, 0) is 24.5 Å². The first-order valence-corrected chi connectivity index (χ1v) is 9.84. The number of carbonyl (C=O) groups excluding carboxylic acids is 1. The molecule has 158 valence electrons. The van der Waals surface area contributed by atoms with Gasteiger partial charge in [-0.15, -0.1) is 0 Å². The molecule has 7 heteroatoms. The zero-order valence-electron chi connectivity index (χ0n) is 17.1. The van der Waals surface area contributed by atoms with Crippen molar-refractivity contribution in [1.29, 1.82) is 0 Å². The number of fused-ring (bicyclic) bond motifs is 1. The lowest BCUT2D eigenvalue weighted by Gasteiger charge is -2.07. The Morgan fingerprint density at radius 2 is 1.90 bits per heavy atom. The number of nitrogens with one attached hydrogen (secondary N) is 1. The van der Waals surface area contributed by atoms with Gasteiger partial charge in [0.05, 0.1) is 24.4 Å². The standard InChI is InChI=1S/C24H23N3O4/c1-29-15-18-8-10-21(23(25)27-18)24(28)26-13-20-11-17-7-9-19(12-22(17)31-20)30-14-16-5-3-2-4-6-16/h2-12H,13-15H2,1H3,(H2,25,27)(H,26,28). The summed E-state index contributed by atoms with van der Waals surface area (Å²) in [7, 11) is 1.57. The smallest absolute Gasteiger partial charge is 0.255 e. The fourth-order valence-corrected chi connectivity index (χ4v) is 3.18. The van der Waals surface area contributed by atoms with E-state index in [1.165, 1.54) is 0 Å². The van der Waals surface area contributed by atoms with Gasteiger partial charge in [-0.25, -0.2) is 4.98 Å². The van der Waals surface area contributed by atoms with Crippen LogP contribution in [0.3, 0.4) is 0 Å². The van der Waals surface area contributed by atoms with Crippen molar-refractivity contribution in [3.8, 4) is 5.75 Å². The summed E-state index contributed by atoms with van der Waals surface area (Å²) >= 11 is 0. The molecule has 0 atom stereocenters. The van der Waals surface area contributed by atoms with Crippen LogP contribution < -0.4 is 15.8 Å². The van der Waals surface area contributed by atoms with Gasteiger partial charge in [0.25, 0.3) is 5.91 Å². The van der Waals surface area contributed by atoms with Gasteiger partial charge in [0.1, 0.15) is 29.5 Å². The molecule has 0 saturated carbocycles. The Morgan fingerprint density at radius 1 is 1.06 bits per heavy atom. The van der Waals surface area contributed by atoms with Crippen molar-refractivity contribution in [2.75, 3.05) is 12.8 Å². The summed E-state index contributed by atoms with van der Waals surface area (Å²) in [5, 5.41) is 3.75. The monoisotopic (exact) mass is 417 g/mol. The minimum absolute atomic E-state index is 0.164. The number of nitrogens with zero attached hydrogens (tertiary/aromatic N) is 1. The number of anilines is 1.